The molecule has 2 aromatic carbocycles. The summed E-state index contributed by atoms with van der Waals surface area (Å²) < 4.78 is 0. The number of carbonyl (C=O) groups excluding carboxylic acids is 3. The summed E-state index contributed by atoms with van der Waals surface area (Å²) in [6, 6.07) is 13.3. The fraction of sp³-hybridized carbons (Fsp3) is 0.400. The van der Waals surface area contributed by atoms with E-state index in [9.17, 15) is 19.5 Å². The van der Waals surface area contributed by atoms with Crippen LogP contribution >= 0.6 is 11.8 Å². The predicted molar refractivity (Wildman–Crippen MR) is 130 cm³/mol. The molecule has 2 unspecified atom stereocenters. The number of rotatable bonds is 6. The van der Waals surface area contributed by atoms with Gasteiger partial charge in [-0.25, -0.2) is 0 Å². The lowest BCUT2D eigenvalue weighted by Crippen LogP contribution is -2.48. The lowest BCUT2D eigenvalue weighted by atomic mass is 9.96. The van der Waals surface area contributed by atoms with Crippen molar-refractivity contribution in [1.29, 1.82) is 0 Å². The second-order valence-corrected chi connectivity index (χ2v) is 10.4. The molecule has 4 N–H and O–H groups in total. The maximum atomic E-state index is 13.2. The van der Waals surface area contributed by atoms with E-state index < -0.39 is 11.9 Å². The Hall–Kier alpha value is -2.88. The molecule has 2 aromatic rings. The first-order valence-corrected chi connectivity index (χ1v) is 12.5. The van der Waals surface area contributed by atoms with E-state index in [1.807, 2.05) is 42.5 Å². The van der Waals surface area contributed by atoms with Gasteiger partial charge in [0.25, 0.3) is 0 Å². The number of unbranched alkanes of at least 4 members (excludes halogenated alkanes) is 1. The largest absolute Gasteiger partial charge is 0.361 e. The average molecular weight is 481 g/mol. The molecule has 1 spiro atoms. The van der Waals surface area contributed by atoms with Crippen LogP contribution in [0.25, 0.3) is 0 Å². The molecule has 34 heavy (non-hydrogen) atoms. The lowest BCUT2D eigenvalue weighted by molar-refractivity contribution is -0.124. The van der Waals surface area contributed by atoms with Gasteiger partial charge in [0.1, 0.15) is 12.1 Å². The van der Waals surface area contributed by atoms with Gasteiger partial charge in [-0.15, -0.1) is 11.8 Å². The number of hydrogen-bond acceptors (Lipinski definition) is 6. The van der Waals surface area contributed by atoms with Gasteiger partial charge in [0.05, 0.1) is 10.9 Å². The van der Waals surface area contributed by atoms with Crippen LogP contribution in [-0.4, -0.2) is 46.5 Å². The lowest BCUT2D eigenvalue weighted by Gasteiger charge is -2.33. The molecule has 0 radical (unpaired) electrons. The van der Waals surface area contributed by atoms with Crippen molar-refractivity contribution in [3.63, 3.8) is 0 Å². The zero-order valence-corrected chi connectivity index (χ0v) is 19.8. The maximum absolute atomic E-state index is 13.2. The summed E-state index contributed by atoms with van der Waals surface area (Å²) in [7, 11) is 0. The molecule has 1 aliphatic carbocycles. The molecule has 2 aliphatic heterocycles. The zero-order chi connectivity index (χ0) is 23.9. The molecule has 1 fully saturated rings. The third-order valence-electron chi connectivity index (χ3n) is 6.68. The summed E-state index contributed by atoms with van der Waals surface area (Å²) in [5, 5.41) is 17.9. The second kappa shape index (κ2) is 9.05. The maximum Gasteiger partial charge on any atom is 0.244 e. The van der Waals surface area contributed by atoms with Gasteiger partial charge < -0.3 is 20.6 Å². The monoisotopic (exact) mass is 480 g/mol. The molecule has 0 aromatic heterocycles. The van der Waals surface area contributed by atoms with Gasteiger partial charge in [0, 0.05) is 23.4 Å². The van der Waals surface area contributed by atoms with Crippen LogP contribution in [0.15, 0.2) is 47.4 Å². The SMILES string of the molecule is CCCCC1Sc2ccccc2N(CC(=O)Nc2ccc3c(c2)C[C@]2(C3)NC(O)NC2=O)C1=O. The van der Waals surface area contributed by atoms with E-state index in [0.717, 1.165) is 41.0 Å². The number of nitrogens with one attached hydrogen (secondary N) is 3. The van der Waals surface area contributed by atoms with E-state index in [4.69, 9.17) is 0 Å². The number of thioether (sulfide) groups is 1. The zero-order valence-electron chi connectivity index (χ0n) is 19.0. The average Bonchev–Trinajstić information content (AvgIpc) is 3.31. The Morgan fingerprint density at radius 1 is 1.21 bits per heavy atom. The van der Waals surface area contributed by atoms with E-state index in [1.165, 1.54) is 0 Å². The molecule has 3 aliphatic rings. The van der Waals surface area contributed by atoms with Crippen molar-refractivity contribution < 1.29 is 19.5 Å². The Balaban J connectivity index is 1.30. The second-order valence-electron chi connectivity index (χ2n) is 9.13. The molecule has 5 rings (SSSR count). The molecule has 2 heterocycles. The van der Waals surface area contributed by atoms with Crippen molar-refractivity contribution >= 4 is 40.9 Å². The highest BCUT2D eigenvalue weighted by atomic mass is 32.2. The van der Waals surface area contributed by atoms with Gasteiger partial charge in [-0.05, 0) is 41.8 Å². The standard InChI is InChI=1S/C25H28N4O4S/c1-2-3-7-20-22(31)29(18-6-4-5-8-19(18)34-20)14-21(30)26-17-10-9-15-12-25(13-16(15)11-17)23(32)27-24(33)28-25/h4-6,8-11,20,24,28,33H,2-3,7,12-14H2,1H3,(H,26,30)(H,27,32)/t20?,24?,25-/m0/s1. The number of nitrogens with zero attached hydrogens (tertiary/aromatic N) is 1. The molecule has 0 bridgehead atoms. The number of aliphatic hydroxyl groups is 1. The van der Waals surface area contributed by atoms with Gasteiger partial charge in [-0.3, -0.25) is 19.7 Å². The van der Waals surface area contributed by atoms with E-state index in [-0.39, 0.29) is 29.5 Å². The molecule has 178 valence electrons. The Bertz CT molecular complexity index is 1160. The van der Waals surface area contributed by atoms with E-state index in [0.29, 0.717) is 18.5 Å². The molecule has 1 saturated heterocycles. The Morgan fingerprint density at radius 2 is 2.00 bits per heavy atom. The van der Waals surface area contributed by atoms with E-state index >= 15 is 0 Å². The number of hydrogen-bond donors (Lipinski definition) is 4. The van der Waals surface area contributed by atoms with Crippen LogP contribution in [0.5, 0.6) is 0 Å². The highest BCUT2D eigenvalue weighted by molar-refractivity contribution is 8.01. The number of anilines is 2. The highest BCUT2D eigenvalue weighted by Gasteiger charge is 2.49. The first kappa shape index (κ1) is 22.9. The molecule has 9 heteroatoms. The van der Waals surface area contributed by atoms with Gasteiger partial charge in [0.15, 0.2) is 6.35 Å². The molecular formula is C25H28N4O4S. The Morgan fingerprint density at radius 3 is 2.76 bits per heavy atom. The van der Waals surface area contributed by atoms with Gasteiger partial charge in [-0.1, -0.05) is 38.0 Å². The Kier molecular flexibility index (Phi) is 6.09. The minimum Gasteiger partial charge on any atom is -0.361 e. The topological polar surface area (TPSA) is 111 Å². The van der Waals surface area contributed by atoms with E-state index in [1.54, 1.807) is 16.7 Å². The van der Waals surface area contributed by atoms with Crippen LogP contribution in [0.1, 0.15) is 37.3 Å². The number of carbonyl (C=O) groups is 3. The number of benzene rings is 2. The van der Waals surface area contributed by atoms with Crippen LogP contribution in [0.2, 0.25) is 0 Å². The van der Waals surface area contributed by atoms with Gasteiger partial charge >= 0.3 is 0 Å². The molecule has 3 amide bonds. The molecule has 3 atom stereocenters. The van der Waals surface area contributed by atoms with E-state index in [2.05, 4.69) is 22.9 Å². The van der Waals surface area contributed by atoms with Crippen molar-refractivity contribution in [2.24, 2.45) is 0 Å². The van der Waals surface area contributed by atoms with Gasteiger partial charge in [-0.2, -0.15) is 0 Å². The first-order chi connectivity index (χ1) is 16.4. The Labute approximate surface area is 202 Å². The van der Waals surface area contributed by atoms with Crippen LogP contribution < -0.4 is 20.9 Å². The van der Waals surface area contributed by atoms with Crippen molar-refractivity contribution in [1.82, 2.24) is 10.6 Å². The minimum absolute atomic E-state index is 0.0277. The molecule has 0 saturated carbocycles. The quantitative estimate of drug-likeness (QED) is 0.504. The number of fused-ring (bicyclic) bond motifs is 2. The summed E-state index contributed by atoms with van der Waals surface area (Å²) in [5.41, 5.74) is 2.50. The first-order valence-electron chi connectivity index (χ1n) is 11.6. The molecule has 8 nitrogen and oxygen atoms in total. The van der Waals surface area contributed by atoms with Crippen LogP contribution in [0.4, 0.5) is 11.4 Å². The van der Waals surface area contributed by atoms with Crippen molar-refractivity contribution in [3.05, 3.63) is 53.6 Å². The fourth-order valence-electron chi connectivity index (χ4n) is 5.00. The van der Waals surface area contributed by atoms with Crippen molar-refractivity contribution in [3.8, 4) is 0 Å². The van der Waals surface area contributed by atoms with Gasteiger partial charge in [0.2, 0.25) is 17.7 Å². The predicted octanol–water partition coefficient (Wildman–Crippen LogP) is 2.16. The van der Waals surface area contributed by atoms with Crippen LogP contribution in [-0.2, 0) is 27.2 Å². The fourth-order valence-corrected chi connectivity index (χ4v) is 6.27. The summed E-state index contributed by atoms with van der Waals surface area (Å²) >= 11 is 1.58. The molecular weight excluding hydrogens is 452 g/mol. The summed E-state index contributed by atoms with van der Waals surface area (Å²) in [6.07, 6.45) is 2.63. The van der Waals surface area contributed by atoms with Crippen molar-refractivity contribution in [2.45, 2.75) is 61.1 Å². The summed E-state index contributed by atoms with van der Waals surface area (Å²) in [5.74, 6) is -0.524. The minimum atomic E-state index is -1.05. The highest BCUT2D eigenvalue weighted by Crippen LogP contribution is 2.40. The number of aliphatic hydroxyl groups excluding tert-OH is 1. The normalized spacial score (nSPS) is 25.3. The third-order valence-corrected chi connectivity index (χ3v) is 8.00. The van der Waals surface area contributed by atoms with Crippen LogP contribution in [0.3, 0.4) is 0 Å². The summed E-state index contributed by atoms with van der Waals surface area (Å²) in [6.45, 7) is 2.04. The van der Waals surface area contributed by atoms with Crippen molar-refractivity contribution in [2.75, 3.05) is 16.8 Å². The summed E-state index contributed by atoms with van der Waals surface area (Å²) in [4.78, 5) is 41.1. The number of para-hydroxylation sites is 1. The van der Waals surface area contributed by atoms with Crippen LogP contribution in [0, 0.1) is 0 Å². The number of amides is 3. The third kappa shape index (κ3) is 4.19. The smallest absolute Gasteiger partial charge is 0.244 e.